The van der Waals surface area contributed by atoms with Crippen LogP contribution in [0.5, 0.6) is 5.75 Å². The molecule has 1 heterocycles. The molecule has 29 heavy (non-hydrogen) atoms. The van der Waals surface area contributed by atoms with Gasteiger partial charge in [-0.15, -0.1) is 0 Å². The molecule has 154 valence electrons. The molecule has 0 aromatic heterocycles. The summed E-state index contributed by atoms with van der Waals surface area (Å²) in [4.78, 5) is 28.8. The van der Waals surface area contributed by atoms with Crippen molar-refractivity contribution in [1.29, 1.82) is 0 Å². The van der Waals surface area contributed by atoms with E-state index in [4.69, 9.17) is 0 Å². The number of rotatable bonds is 7. The minimum absolute atomic E-state index is 0.000133. The molecule has 2 amide bonds. The molecule has 1 unspecified atom stereocenters. The zero-order valence-corrected chi connectivity index (χ0v) is 17.2. The predicted octanol–water partition coefficient (Wildman–Crippen LogP) is 3.78. The van der Waals surface area contributed by atoms with Crippen LogP contribution in [-0.2, 0) is 16.1 Å². The summed E-state index contributed by atoms with van der Waals surface area (Å²) in [5.41, 5.74) is 2.10. The van der Waals surface area contributed by atoms with Gasteiger partial charge in [0.25, 0.3) is 0 Å². The monoisotopic (exact) mass is 394 g/mol. The van der Waals surface area contributed by atoms with Crippen LogP contribution in [0.15, 0.2) is 54.6 Å². The summed E-state index contributed by atoms with van der Waals surface area (Å²) in [5, 5.41) is 9.88. The number of phenolic OH excluding ortho intramolecular Hbond substituents is 1. The maximum absolute atomic E-state index is 13.5. The number of nitrogens with zero attached hydrogens (tertiary/aromatic N) is 2. The second kappa shape index (κ2) is 9.59. The number of hydrogen-bond donors (Lipinski definition) is 1. The molecule has 0 saturated carbocycles. The van der Waals surface area contributed by atoms with Gasteiger partial charge in [-0.3, -0.25) is 9.59 Å². The van der Waals surface area contributed by atoms with Crippen LogP contribution in [-0.4, -0.2) is 46.4 Å². The Kier molecular flexibility index (Phi) is 6.91. The number of phenols is 1. The van der Waals surface area contributed by atoms with Gasteiger partial charge in [-0.1, -0.05) is 56.3 Å². The van der Waals surface area contributed by atoms with Crippen LogP contribution in [0, 0.1) is 5.92 Å². The Hall–Kier alpha value is -2.82. The number of carbonyl (C=O) groups is 2. The van der Waals surface area contributed by atoms with E-state index in [0.717, 1.165) is 24.0 Å². The van der Waals surface area contributed by atoms with E-state index in [1.807, 2.05) is 47.4 Å². The predicted molar refractivity (Wildman–Crippen MR) is 113 cm³/mol. The van der Waals surface area contributed by atoms with Gasteiger partial charge in [0.15, 0.2) is 0 Å². The lowest BCUT2D eigenvalue weighted by atomic mass is 9.78. The zero-order chi connectivity index (χ0) is 20.8. The fourth-order valence-corrected chi connectivity index (χ4v) is 4.33. The normalized spacial score (nSPS) is 21.6. The molecule has 1 saturated heterocycles. The molecule has 0 bridgehead atoms. The van der Waals surface area contributed by atoms with Crippen LogP contribution in [0.2, 0.25) is 0 Å². The minimum atomic E-state index is -0.480. The Balaban J connectivity index is 1.83. The van der Waals surface area contributed by atoms with Crippen molar-refractivity contribution in [2.45, 2.75) is 45.2 Å². The van der Waals surface area contributed by atoms with Gasteiger partial charge in [0, 0.05) is 19.6 Å². The first-order valence-electron chi connectivity index (χ1n) is 10.4. The average molecular weight is 395 g/mol. The van der Waals surface area contributed by atoms with E-state index >= 15 is 0 Å². The first kappa shape index (κ1) is 20.9. The van der Waals surface area contributed by atoms with Gasteiger partial charge in [-0.25, -0.2) is 0 Å². The zero-order valence-electron chi connectivity index (χ0n) is 17.2. The SMILES string of the molecule is CCCN(Cc1ccccc1)C(=O)[C@H]1CC(c2cccc(O)c2)[C@@H](C)CN1C=O. The second-order valence-electron chi connectivity index (χ2n) is 7.98. The largest absolute Gasteiger partial charge is 0.508 e. The summed E-state index contributed by atoms with van der Waals surface area (Å²) >= 11 is 0. The molecule has 0 radical (unpaired) electrons. The summed E-state index contributed by atoms with van der Waals surface area (Å²) < 4.78 is 0. The standard InChI is InChI=1S/C24H30N2O3/c1-3-12-25(16-19-8-5-4-6-9-19)24(29)23-14-22(18(2)15-26(23)17-27)20-10-7-11-21(28)13-20/h4-11,13,17-18,22-23,28H,3,12,14-16H2,1-2H3/t18-,22?,23+/m0/s1. The van der Waals surface area contributed by atoms with Gasteiger partial charge in [-0.2, -0.15) is 0 Å². The Morgan fingerprint density at radius 3 is 2.62 bits per heavy atom. The molecule has 5 heteroatoms. The van der Waals surface area contributed by atoms with E-state index in [1.165, 1.54) is 0 Å². The van der Waals surface area contributed by atoms with Crippen molar-refractivity contribution < 1.29 is 14.7 Å². The van der Waals surface area contributed by atoms with Crippen molar-refractivity contribution in [2.75, 3.05) is 13.1 Å². The van der Waals surface area contributed by atoms with Crippen LogP contribution in [0.25, 0.3) is 0 Å². The lowest BCUT2D eigenvalue weighted by Crippen LogP contribution is -2.53. The molecule has 0 spiro atoms. The van der Waals surface area contributed by atoms with Crippen molar-refractivity contribution in [2.24, 2.45) is 5.92 Å². The lowest BCUT2D eigenvalue weighted by Gasteiger charge is -2.42. The Morgan fingerprint density at radius 1 is 1.21 bits per heavy atom. The molecule has 3 rings (SSSR count). The molecule has 2 aromatic carbocycles. The highest BCUT2D eigenvalue weighted by atomic mass is 16.3. The van der Waals surface area contributed by atoms with E-state index < -0.39 is 6.04 Å². The van der Waals surface area contributed by atoms with Gasteiger partial charge < -0.3 is 14.9 Å². The third-order valence-electron chi connectivity index (χ3n) is 5.80. The Bertz CT molecular complexity index is 824. The maximum atomic E-state index is 13.5. The van der Waals surface area contributed by atoms with Crippen molar-refractivity contribution in [1.82, 2.24) is 9.80 Å². The van der Waals surface area contributed by atoms with E-state index in [-0.39, 0.29) is 23.5 Å². The van der Waals surface area contributed by atoms with E-state index in [0.29, 0.717) is 26.1 Å². The van der Waals surface area contributed by atoms with Crippen molar-refractivity contribution in [3.63, 3.8) is 0 Å². The van der Waals surface area contributed by atoms with Crippen LogP contribution >= 0.6 is 0 Å². The molecule has 1 aliphatic heterocycles. The van der Waals surface area contributed by atoms with Crippen molar-refractivity contribution >= 4 is 12.3 Å². The van der Waals surface area contributed by atoms with Gasteiger partial charge in [-0.05, 0) is 47.9 Å². The topological polar surface area (TPSA) is 60.9 Å². The quantitative estimate of drug-likeness (QED) is 0.727. The summed E-state index contributed by atoms with van der Waals surface area (Å²) in [6.45, 7) is 5.89. The molecule has 1 fully saturated rings. The molecule has 1 aliphatic rings. The van der Waals surface area contributed by atoms with E-state index in [1.54, 1.807) is 17.0 Å². The third-order valence-corrected chi connectivity index (χ3v) is 5.80. The van der Waals surface area contributed by atoms with Gasteiger partial charge >= 0.3 is 0 Å². The first-order chi connectivity index (χ1) is 14.0. The van der Waals surface area contributed by atoms with Gasteiger partial charge in [0.2, 0.25) is 12.3 Å². The third kappa shape index (κ3) is 4.97. The maximum Gasteiger partial charge on any atom is 0.245 e. The minimum Gasteiger partial charge on any atom is -0.508 e. The summed E-state index contributed by atoms with van der Waals surface area (Å²) in [5.74, 6) is 0.555. The van der Waals surface area contributed by atoms with Gasteiger partial charge in [0.05, 0.1) is 0 Å². The second-order valence-corrected chi connectivity index (χ2v) is 7.98. The Morgan fingerprint density at radius 2 is 1.97 bits per heavy atom. The number of aromatic hydroxyl groups is 1. The fraction of sp³-hybridized carbons (Fsp3) is 0.417. The van der Waals surface area contributed by atoms with Crippen LogP contribution in [0.3, 0.4) is 0 Å². The molecule has 0 aliphatic carbocycles. The molecule has 3 atom stereocenters. The van der Waals surface area contributed by atoms with Crippen molar-refractivity contribution in [3.05, 3.63) is 65.7 Å². The highest BCUT2D eigenvalue weighted by Crippen LogP contribution is 2.37. The van der Waals surface area contributed by atoms with Crippen LogP contribution in [0.1, 0.15) is 43.7 Å². The first-order valence-corrected chi connectivity index (χ1v) is 10.4. The Labute approximate surface area is 172 Å². The molecule has 1 N–H and O–H groups in total. The number of piperidine rings is 1. The number of likely N-dealkylation sites (tertiary alicyclic amines) is 1. The smallest absolute Gasteiger partial charge is 0.245 e. The summed E-state index contributed by atoms with van der Waals surface area (Å²) in [7, 11) is 0. The van der Waals surface area contributed by atoms with Gasteiger partial charge in [0.1, 0.15) is 11.8 Å². The lowest BCUT2D eigenvalue weighted by molar-refractivity contribution is -0.144. The van der Waals surface area contributed by atoms with Crippen molar-refractivity contribution in [3.8, 4) is 5.75 Å². The van der Waals surface area contributed by atoms with E-state index in [9.17, 15) is 14.7 Å². The molecular formula is C24H30N2O3. The summed E-state index contributed by atoms with van der Waals surface area (Å²) in [6, 6.07) is 16.7. The number of carbonyl (C=O) groups excluding carboxylic acids is 2. The summed E-state index contributed by atoms with van der Waals surface area (Å²) in [6.07, 6.45) is 2.24. The number of amides is 2. The van der Waals surface area contributed by atoms with Crippen LogP contribution < -0.4 is 0 Å². The van der Waals surface area contributed by atoms with Crippen LogP contribution in [0.4, 0.5) is 0 Å². The fourth-order valence-electron chi connectivity index (χ4n) is 4.33. The molecular weight excluding hydrogens is 364 g/mol. The number of hydrogen-bond acceptors (Lipinski definition) is 3. The molecule has 5 nitrogen and oxygen atoms in total. The number of benzene rings is 2. The highest BCUT2D eigenvalue weighted by molar-refractivity contribution is 5.84. The highest BCUT2D eigenvalue weighted by Gasteiger charge is 2.39. The average Bonchev–Trinajstić information content (AvgIpc) is 2.73. The molecule has 2 aromatic rings. The van der Waals surface area contributed by atoms with E-state index in [2.05, 4.69) is 13.8 Å².